The Kier molecular flexibility index (Phi) is 7.21. The van der Waals surface area contributed by atoms with E-state index in [1.165, 1.54) is 16.7 Å². The van der Waals surface area contributed by atoms with Crippen molar-refractivity contribution in [3.8, 4) is 11.5 Å². The van der Waals surface area contributed by atoms with Gasteiger partial charge in [0.2, 0.25) is 5.91 Å². The molecule has 0 unspecified atom stereocenters. The average Bonchev–Trinajstić information content (AvgIpc) is 3.50. The molecule has 186 valence electrons. The molecule has 1 aliphatic heterocycles. The molecular formula is C21H29F3N2O6S. The van der Waals surface area contributed by atoms with E-state index in [1.54, 1.807) is 32.0 Å². The zero-order valence-corrected chi connectivity index (χ0v) is 19.5. The van der Waals surface area contributed by atoms with Gasteiger partial charge in [0.05, 0.1) is 26.4 Å². The van der Waals surface area contributed by atoms with Crippen LogP contribution in [0.2, 0.25) is 0 Å². The van der Waals surface area contributed by atoms with E-state index in [1.807, 2.05) is 0 Å². The summed E-state index contributed by atoms with van der Waals surface area (Å²) < 4.78 is 72.7. The van der Waals surface area contributed by atoms with Gasteiger partial charge >= 0.3 is 15.5 Å². The fraction of sp³-hybridized carbons (Fsp3) is 0.667. The number of sulfonamides is 1. The molecule has 1 aromatic carbocycles. The van der Waals surface area contributed by atoms with Crippen LogP contribution in [0.15, 0.2) is 18.2 Å². The molecule has 12 heteroatoms. The number of aliphatic hydroxyl groups is 1. The van der Waals surface area contributed by atoms with Crippen molar-refractivity contribution >= 4 is 15.9 Å². The Morgan fingerprint density at radius 3 is 2.55 bits per heavy atom. The van der Waals surface area contributed by atoms with E-state index >= 15 is 0 Å². The third-order valence-corrected chi connectivity index (χ3v) is 7.65. The highest BCUT2D eigenvalue weighted by Crippen LogP contribution is 2.47. The Balaban J connectivity index is 1.80. The van der Waals surface area contributed by atoms with Gasteiger partial charge in [0.1, 0.15) is 0 Å². The van der Waals surface area contributed by atoms with Gasteiger partial charge < -0.3 is 19.5 Å². The van der Waals surface area contributed by atoms with Gasteiger partial charge in [-0.3, -0.25) is 4.79 Å². The molecule has 33 heavy (non-hydrogen) atoms. The van der Waals surface area contributed by atoms with Gasteiger partial charge in [-0.25, -0.2) is 8.42 Å². The maximum atomic E-state index is 12.6. The third kappa shape index (κ3) is 5.55. The van der Waals surface area contributed by atoms with Crippen molar-refractivity contribution in [2.75, 3.05) is 33.4 Å². The minimum atomic E-state index is -5.63. The predicted octanol–water partition coefficient (Wildman–Crippen LogP) is 2.24. The highest BCUT2D eigenvalue weighted by molar-refractivity contribution is 7.90. The Labute approximate surface area is 191 Å². The van der Waals surface area contributed by atoms with E-state index < -0.39 is 39.5 Å². The molecular weight excluding hydrogens is 465 g/mol. The second-order valence-corrected chi connectivity index (χ2v) is 10.7. The van der Waals surface area contributed by atoms with E-state index in [0.717, 1.165) is 18.4 Å². The fourth-order valence-electron chi connectivity index (χ4n) is 3.98. The second-order valence-electron chi connectivity index (χ2n) is 8.94. The van der Waals surface area contributed by atoms with Crippen molar-refractivity contribution in [1.82, 2.24) is 9.62 Å². The second kappa shape index (κ2) is 9.30. The zero-order chi connectivity index (χ0) is 24.6. The lowest BCUT2D eigenvalue weighted by atomic mass is 9.72. The number of ether oxygens (including phenoxy) is 2. The number of amides is 1. The molecule has 3 atom stereocenters. The van der Waals surface area contributed by atoms with Crippen molar-refractivity contribution in [2.24, 2.45) is 11.3 Å². The summed E-state index contributed by atoms with van der Waals surface area (Å²) in [5, 5.41) is 10.5. The first-order valence-electron chi connectivity index (χ1n) is 10.6. The van der Waals surface area contributed by atoms with Crippen LogP contribution < -0.4 is 14.2 Å². The number of alkyl halides is 3. The maximum absolute atomic E-state index is 12.6. The number of hydrogen-bond acceptors (Lipinski definition) is 6. The summed E-state index contributed by atoms with van der Waals surface area (Å²) in [6.07, 6.45) is 1.37. The van der Waals surface area contributed by atoms with Crippen LogP contribution in [-0.2, 0) is 14.8 Å². The molecule has 1 saturated carbocycles. The largest absolute Gasteiger partial charge is 0.511 e. The van der Waals surface area contributed by atoms with Crippen molar-refractivity contribution in [3.63, 3.8) is 0 Å². The van der Waals surface area contributed by atoms with E-state index in [-0.39, 0.29) is 19.0 Å². The lowest BCUT2D eigenvalue weighted by Gasteiger charge is -2.33. The van der Waals surface area contributed by atoms with Crippen LogP contribution in [0, 0.1) is 11.3 Å². The summed E-state index contributed by atoms with van der Waals surface area (Å²) in [6.45, 7) is 3.05. The monoisotopic (exact) mass is 494 g/mol. The number of aliphatic hydroxyl groups excluding tert-OH is 1. The summed E-state index contributed by atoms with van der Waals surface area (Å²) in [4.78, 5) is 13.8. The van der Waals surface area contributed by atoms with Crippen LogP contribution in [0.25, 0.3) is 0 Å². The van der Waals surface area contributed by atoms with Gasteiger partial charge in [-0.1, -0.05) is 13.0 Å². The molecule has 0 aromatic heterocycles. The van der Waals surface area contributed by atoms with Crippen molar-refractivity contribution < 1.29 is 41.0 Å². The van der Waals surface area contributed by atoms with Gasteiger partial charge in [-0.2, -0.15) is 17.9 Å². The highest BCUT2D eigenvalue weighted by atomic mass is 32.2. The van der Waals surface area contributed by atoms with Crippen LogP contribution in [0.5, 0.6) is 11.5 Å². The summed E-state index contributed by atoms with van der Waals surface area (Å²) in [7, 11) is -4.11. The molecule has 0 radical (unpaired) electrons. The van der Waals surface area contributed by atoms with Gasteiger partial charge in [0.25, 0.3) is 0 Å². The minimum absolute atomic E-state index is 0.0478. The lowest BCUT2D eigenvalue weighted by molar-refractivity contribution is -0.129. The lowest BCUT2D eigenvalue weighted by Crippen LogP contribution is -2.44. The topological polar surface area (TPSA) is 105 Å². The molecule has 0 bridgehead atoms. The van der Waals surface area contributed by atoms with Crippen molar-refractivity contribution in [2.45, 2.75) is 44.2 Å². The quantitative estimate of drug-likeness (QED) is 0.546. The first-order valence-corrected chi connectivity index (χ1v) is 12.1. The zero-order valence-electron chi connectivity index (χ0n) is 18.7. The summed E-state index contributed by atoms with van der Waals surface area (Å²) in [6, 6.07) is 5.34. The van der Waals surface area contributed by atoms with E-state index in [0.29, 0.717) is 24.0 Å². The first-order chi connectivity index (χ1) is 15.3. The van der Waals surface area contributed by atoms with Crippen LogP contribution in [0.3, 0.4) is 0 Å². The number of benzene rings is 1. The molecule has 1 aliphatic carbocycles. The van der Waals surface area contributed by atoms with E-state index in [9.17, 15) is 31.5 Å². The fourth-order valence-corrected chi connectivity index (χ4v) is 4.46. The molecule has 2 aliphatic rings. The molecule has 1 aromatic rings. The maximum Gasteiger partial charge on any atom is 0.511 e. The molecule has 8 nitrogen and oxygen atoms in total. The number of methoxy groups -OCH3 is 1. The third-order valence-electron chi connectivity index (χ3n) is 6.52. The standard InChI is InChI=1S/C21H29F3N2O6S/c1-13(27)20(2)12-26(19(28)9-25-33(29,30)21(22,23)24)10-16(20)15-6-7-17(31-3)18(8-15)32-11-14-4-5-14/h6-8,13-14,16,25,27H,4-5,9-12H2,1-3H3/t13-,16+,20+/m1/s1. The Morgan fingerprint density at radius 1 is 1.33 bits per heavy atom. The normalized spacial score (nSPS) is 24.6. The number of carbonyl (C=O) groups excluding carboxylic acids is 1. The molecule has 1 amide bonds. The summed E-state index contributed by atoms with van der Waals surface area (Å²) in [5.74, 6) is 0.426. The summed E-state index contributed by atoms with van der Waals surface area (Å²) >= 11 is 0. The smallest absolute Gasteiger partial charge is 0.493 e. The molecule has 2 N–H and O–H groups in total. The van der Waals surface area contributed by atoms with Gasteiger partial charge in [-0.05, 0) is 43.4 Å². The number of rotatable bonds is 9. The number of hydrogen-bond donors (Lipinski definition) is 2. The Hall–Kier alpha value is -2.05. The van der Waals surface area contributed by atoms with E-state index in [2.05, 4.69) is 0 Å². The highest BCUT2D eigenvalue weighted by Gasteiger charge is 2.49. The van der Waals surface area contributed by atoms with Crippen molar-refractivity contribution in [1.29, 1.82) is 0 Å². The molecule has 1 saturated heterocycles. The van der Waals surface area contributed by atoms with Gasteiger partial charge in [0, 0.05) is 24.4 Å². The number of halogens is 3. The minimum Gasteiger partial charge on any atom is -0.493 e. The number of nitrogens with zero attached hydrogens (tertiary/aromatic N) is 1. The summed E-state index contributed by atoms with van der Waals surface area (Å²) in [5.41, 5.74) is -5.55. The van der Waals surface area contributed by atoms with Gasteiger partial charge in [-0.15, -0.1) is 0 Å². The van der Waals surface area contributed by atoms with Crippen molar-refractivity contribution in [3.05, 3.63) is 23.8 Å². The average molecular weight is 495 g/mol. The van der Waals surface area contributed by atoms with E-state index in [4.69, 9.17) is 9.47 Å². The SMILES string of the molecule is COc1ccc([C@@H]2CN(C(=O)CNS(=O)(=O)C(F)(F)F)C[C@@]2(C)[C@@H](C)O)cc1OCC1CC1. The Bertz CT molecular complexity index is 981. The van der Waals surface area contributed by atoms with Gasteiger partial charge in [0.15, 0.2) is 11.5 Å². The van der Waals surface area contributed by atoms with Crippen LogP contribution in [0.1, 0.15) is 38.2 Å². The van der Waals surface area contributed by atoms with Crippen LogP contribution in [0.4, 0.5) is 13.2 Å². The van der Waals surface area contributed by atoms with Crippen LogP contribution >= 0.6 is 0 Å². The van der Waals surface area contributed by atoms with Crippen LogP contribution in [-0.4, -0.2) is 69.3 Å². The molecule has 3 rings (SSSR count). The molecule has 2 fully saturated rings. The first kappa shape index (κ1) is 25.6. The number of likely N-dealkylation sites (tertiary alicyclic amines) is 1. The molecule has 0 spiro atoms. The predicted molar refractivity (Wildman–Crippen MR) is 113 cm³/mol. The number of carbonyl (C=O) groups is 1. The number of nitrogens with one attached hydrogen (secondary N) is 1. The Morgan fingerprint density at radius 2 is 2.00 bits per heavy atom. The molecule has 1 heterocycles.